The fourth-order valence-corrected chi connectivity index (χ4v) is 9.82. The van der Waals surface area contributed by atoms with E-state index in [0.717, 1.165) is 87.3 Å². The molecule has 4 nitrogen and oxygen atoms in total. The molecule has 4 aromatic heterocycles. The highest BCUT2D eigenvalue weighted by Crippen LogP contribution is 2.47. The Labute approximate surface area is 360 Å². The van der Waals surface area contributed by atoms with Gasteiger partial charge in [0.05, 0.1) is 46.8 Å². The highest BCUT2D eigenvalue weighted by atomic mass is 15.2. The van der Waals surface area contributed by atoms with Gasteiger partial charge in [0.2, 0.25) is 0 Å². The van der Waals surface area contributed by atoms with Crippen molar-refractivity contribution in [3.8, 4) is 0 Å². The van der Waals surface area contributed by atoms with Crippen molar-refractivity contribution in [2.24, 2.45) is 0 Å². The predicted octanol–water partition coefficient (Wildman–Crippen LogP) is 15.5. The van der Waals surface area contributed by atoms with Gasteiger partial charge >= 0.3 is 0 Å². The van der Waals surface area contributed by atoms with Crippen LogP contribution in [0.4, 0.5) is 34.1 Å². The maximum absolute atomic E-state index is 9.08. The number of anilines is 6. The minimum atomic E-state index is -0.449. The lowest BCUT2D eigenvalue weighted by atomic mass is 10.0. The standard InChI is InChI=1S/C56H38N4/c1-35-15-9-11-25-49(35)57(37-17-5-3-6-18-37)39-27-29-41-43-21-13-23-45-47-34-54-48(33-53(47)59(55(43)45)51(41)31-39)46-24-14-22-44-42-30-28-40(32-52(42)60(54)56(44)46)58(38-19-7-4-8-20-38)50-26-12-10-16-36(50)2/h3-34H,1-2H3/i3D,4D,5D,6D,7D,8D,17D,18D,19D,20D. The molecule has 0 fully saturated rings. The van der Waals surface area contributed by atoms with E-state index in [-0.39, 0.29) is 35.5 Å². The summed E-state index contributed by atoms with van der Waals surface area (Å²) < 4.78 is 92.1. The Morgan fingerprint density at radius 2 is 0.733 bits per heavy atom. The van der Waals surface area contributed by atoms with Crippen molar-refractivity contribution in [3.05, 3.63) is 205 Å². The first kappa shape index (κ1) is 24.8. The summed E-state index contributed by atoms with van der Waals surface area (Å²) in [7, 11) is 0. The number of fused-ring (bicyclic) bond motifs is 12. The van der Waals surface area contributed by atoms with Crippen molar-refractivity contribution >= 4 is 110 Å². The Morgan fingerprint density at radius 3 is 1.15 bits per heavy atom. The molecule has 13 aromatic rings. The van der Waals surface area contributed by atoms with E-state index in [1.54, 1.807) is 9.80 Å². The summed E-state index contributed by atoms with van der Waals surface area (Å²) in [5.74, 6) is 0. The van der Waals surface area contributed by atoms with E-state index in [0.29, 0.717) is 22.7 Å². The van der Waals surface area contributed by atoms with Crippen LogP contribution in [0, 0.1) is 13.8 Å². The van der Waals surface area contributed by atoms with Crippen LogP contribution in [0.15, 0.2) is 194 Å². The summed E-state index contributed by atoms with van der Waals surface area (Å²) in [6.07, 6.45) is 0. The highest BCUT2D eigenvalue weighted by Gasteiger charge is 2.24. The number of aromatic nitrogens is 2. The Bertz CT molecular complexity index is 4080. The Balaban J connectivity index is 1.09. The molecule has 60 heavy (non-hydrogen) atoms. The smallest absolute Gasteiger partial charge is 0.0645 e. The van der Waals surface area contributed by atoms with Gasteiger partial charge in [-0.15, -0.1) is 0 Å². The number of nitrogens with zero attached hydrogens (tertiary/aromatic N) is 4. The second-order valence-electron chi connectivity index (χ2n) is 15.6. The van der Waals surface area contributed by atoms with Gasteiger partial charge in [-0.05, 0) is 97.7 Å². The Hall–Kier alpha value is -7.82. The minimum Gasteiger partial charge on any atom is -0.310 e. The number of rotatable bonds is 6. The molecule has 0 radical (unpaired) electrons. The van der Waals surface area contributed by atoms with Gasteiger partial charge in [0.1, 0.15) is 0 Å². The van der Waals surface area contributed by atoms with E-state index >= 15 is 0 Å². The lowest BCUT2D eigenvalue weighted by Crippen LogP contribution is -2.11. The number of hydrogen-bond acceptors (Lipinski definition) is 2. The summed E-state index contributed by atoms with van der Waals surface area (Å²) in [6.45, 7) is 3.90. The summed E-state index contributed by atoms with van der Waals surface area (Å²) in [5.41, 5.74) is 10.4. The van der Waals surface area contributed by atoms with Gasteiger partial charge in [0.15, 0.2) is 0 Å². The molecule has 9 aromatic carbocycles. The molecule has 13 rings (SSSR count). The van der Waals surface area contributed by atoms with Crippen molar-refractivity contribution < 1.29 is 13.7 Å². The van der Waals surface area contributed by atoms with E-state index in [4.69, 9.17) is 13.7 Å². The SMILES string of the molecule is [2H]c1c([2H])c([2H])c(N(c2ccc3c4cccc5c6cc7c(cc6n(c3c2)c45)c2cccc3c4ccc(N(c5ccccc5C)c5c([2H])c([2H])c([2H])c([2H])c5[2H])cc4n7c32)c2ccccc2C)c([2H])c1[2H]. The van der Waals surface area contributed by atoms with E-state index in [9.17, 15) is 0 Å². The molecule has 0 unspecified atom stereocenters. The summed E-state index contributed by atoms with van der Waals surface area (Å²) in [6, 6.07) is 41.0. The van der Waals surface area contributed by atoms with E-state index in [1.807, 2.05) is 74.5 Å². The second-order valence-corrected chi connectivity index (χ2v) is 15.6. The van der Waals surface area contributed by atoms with Gasteiger partial charge in [0.25, 0.3) is 0 Å². The zero-order valence-electron chi connectivity index (χ0n) is 42.5. The highest BCUT2D eigenvalue weighted by molar-refractivity contribution is 6.29. The van der Waals surface area contributed by atoms with Gasteiger partial charge in [-0.3, -0.25) is 0 Å². The zero-order chi connectivity index (χ0) is 48.3. The molecule has 0 aliphatic heterocycles. The third kappa shape index (κ3) is 4.50. The van der Waals surface area contributed by atoms with Crippen LogP contribution in [0.25, 0.3) is 76.2 Å². The number of aryl methyl sites for hydroxylation is 2. The largest absolute Gasteiger partial charge is 0.310 e. The van der Waals surface area contributed by atoms with E-state index < -0.39 is 36.3 Å². The number of benzene rings is 9. The molecule has 0 saturated carbocycles. The van der Waals surface area contributed by atoms with Crippen molar-refractivity contribution in [2.75, 3.05) is 9.80 Å². The van der Waals surface area contributed by atoms with Crippen molar-refractivity contribution in [3.63, 3.8) is 0 Å². The quantitative estimate of drug-likeness (QED) is 0.167. The van der Waals surface area contributed by atoms with Crippen molar-refractivity contribution in [1.29, 1.82) is 0 Å². The maximum Gasteiger partial charge on any atom is 0.0645 e. The Kier molecular flexibility index (Phi) is 5.11. The van der Waals surface area contributed by atoms with Crippen molar-refractivity contribution in [1.82, 2.24) is 8.80 Å². The Morgan fingerprint density at radius 1 is 0.350 bits per heavy atom. The van der Waals surface area contributed by atoms with Crippen LogP contribution in [-0.2, 0) is 0 Å². The van der Waals surface area contributed by atoms with Gasteiger partial charge in [-0.25, -0.2) is 0 Å². The van der Waals surface area contributed by atoms with E-state index in [1.165, 1.54) is 0 Å². The van der Waals surface area contributed by atoms with Crippen LogP contribution in [0.1, 0.15) is 24.8 Å². The molecule has 0 atom stereocenters. The first-order valence-corrected chi connectivity index (χ1v) is 20.0. The number of hydrogen-bond donors (Lipinski definition) is 0. The van der Waals surface area contributed by atoms with Gasteiger partial charge in [0, 0.05) is 77.2 Å². The predicted molar refractivity (Wildman–Crippen MR) is 255 cm³/mol. The molecule has 282 valence electrons. The fraction of sp³-hybridized carbons (Fsp3) is 0.0357. The average molecular weight is 777 g/mol. The molecule has 0 amide bonds. The molecule has 4 heteroatoms. The minimum absolute atomic E-state index is 0.0665. The summed E-state index contributed by atoms with van der Waals surface area (Å²) in [4.78, 5) is 3.57. The molecule has 0 spiro atoms. The lowest BCUT2D eigenvalue weighted by molar-refractivity contribution is 1.25. The monoisotopic (exact) mass is 776 g/mol. The molecule has 0 N–H and O–H groups in total. The number of para-hydroxylation sites is 6. The van der Waals surface area contributed by atoms with Gasteiger partial charge < -0.3 is 18.6 Å². The van der Waals surface area contributed by atoms with Crippen LogP contribution in [0.2, 0.25) is 0 Å². The third-order valence-corrected chi connectivity index (χ3v) is 12.4. The molecule has 0 saturated heterocycles. The van der Waals surface area contributed by atoms with Crippen LogP contribution in [-0.4, -0.2) is 8.80 Å². The lowest BCUT2D eigenvalue weighted by Gasteiger charge is -2.27. The molecular weight excluding hydrogens is 729 g/mol. The average Bonchev–Trinajstić information content (AvgIpc) is 4.10. The first-order chi connectivity index (χ1) is 33.8. The first-order valence-electron chi connectivity index (χ1n) is 25.0. The zero-order valence-corrected chi connectivity index (χ0v) is 32.5. The molecular formula is C56H38N4. The van der Waals surface area contributed by atoms with Crippen molar-refractivity contribution in [2.45, 2.75) is 13.8 Å². The topological polar surface area (TPSA) is 15.3 Å². The fourth-order valence-electron chi connectivity index (χ4n) is 9.82. The second kappa shape index (κ2) is 12.3. The molecule has 4 heterocycles. The normalized spacial score (nSPS) is 14.5. The summed E-state index contributed by atoms with van der Waals surface area (Å²) >= 11 is 0. The third-order valence-electron chi connectivity index (χ3n) is 12.4. The molecule has 0 aliphatic rings. The van der Waals surface area contributed by atoms with Gasteiger partial charge in [-0.2, -0.15) is 0 Å². The van der Waals surface area contributed by atoms with Crippen LogP contribution in [0.5, 0.6) is 0 Å². The molecule has 0 aliphatic carbocycles. The van der Waals surface area contributed by atoms with Crippen LogP contribution < -0.4 is 9.80 Å². The van der Waals surface area contributed by atoms with Crippen LogP contribution in [0.3, 0.4) is 0 Å². The van der Waals surface area contributed by atoms with Gasteiger partial charge in [-0.1, -0.05) is 121 Å². The van der Waals surface area contributed by atoms with E-state index in [2.05, 4.69) is 81.6 Å². The molecule has 0 bridgehead atoms. The van der Waals surface area contributed by atoms with Crippen LogP contribution >= 0.6 is 0 Å². The maximum atomic E-state index is 9.08. The summed E-state index contributed by atoms with van der Waals surface area (Å²) in [5, 5.41) is 8.34.